The van der Waals surface area contributed by atoms with E-state index in [4.69, 9.17) is 0 Å². The minimum absolute atomic E-state index is 0.0420. The van der Waals surface area contributed by atoms with E-state index >= 15 is 0 Å². The van der Waals surface area contributed by atoms with Gasteiger partial charge in [0.1, 0.15) is 0 Å². The normalized spacial score (nSPS) is 22.9. The lowest BCUT2D eigenvalue weighted by Gasteiger charge is -2.34. The van der Waals surface area contributed by atoms with Gasteiger partial charge in [0.25, 0.3) is 0 Å². The number of nitro groups is 1. The lowest BCUT2D eigenvalue weighted by Crippen LogP contribution is -2.50. The van der Waals surface area contributed by atoms with E-state index in [1.165, 1.54) is 64.2 Å². The Hall–Kier alpha value is -0.720. The van der Waals surface area contributed by atoms with Crippen molar-refractivity contribution in [3.8, 4) is 0 Å². The summed E-state index contributed by atoms with van der Waals surface area (Å²) in [6, 6.07) is -0.550. The molecule has 0 saturated heterocycles. The summed E-state index contributed by atoms with van der Waals surface area (Å²) in [6.45, 7) is 4.27. The molecule has 3 atom stereocenters. The highest BCUT2D eigenvalue weighted by molar-refractivity contribution is 4.86. The van der Waals surface area contributed by atoms with Gasteiger partial charge >= 0.3 is 0 Å². The number of rotatable bonds is 17. The molecule has 0 bridgehead atoms. The Morgan fingerprint density at radius 3 is 1.97 bits per heavy atom. The zero-order valence-corrected chi connectivity index (χ0v) is 18.9. The minimum atomic E-state index is -0.636. The van der Waals surface area contributed by atoms with Crippen molar-refractivity contribution in [3.05, 3.63) is 10.1 Å². The van der Waals surface area contributed by atoms with Crippen LogP contribution >= 0.6 is 0 Å². The molecular formula is C23H46N2O4. The number of hydrogen-bond donors (Lipinski definition) is 3. The molecule has 0 aliphatic heterocycles. The van der Waals surface area contributed by atoms with Crippen LogP contribution in [0.25, 0.3) is 0 Å². The van der Waals surface area contributed by atoms with Gasteiger partial charge < -0.3 is 15.5 Å². The summed E-state index contributed by atoms with van der Waals surface area (Å²) in [5.41, 5.74) is 0. The second kappa shape index (κ2) is 16.0. The zero-order chi connectivity index (χ0) is 21.5. The molecule has 0 aromatic heterocycles. The molecule has 1 aliphatic carbocycles. The summed E-state index contributed by atoms with van der Waals surface area (Å²) >= 11 is 0. The van der Waals surface area contributed by atoms with Crippen LogP contribution < -0.4 is 5.32 Å². The van der Waals surface area contributed by atoms with E-state index in [-0.39, 0.29) is 29.5 Å². The first kappa shape index (κ1) is 26.3. The van der Waals surface area contributed by atoms with E-state index in [2.05, 4.69) is 19.2 Å². The highest BCUT2D eigenvalue weighted by Crippen LogP contribution is 2.29. The average Bonchev–Trinajstić information content (AvgIpc) is 2.73. The van der Waals surface area contributed by atoms with Crippen LogP contribution in [-0.4, -0.2) is 46.0 Å². The van der Waals surface area contributed by atoms with Crippen LogP contribution in [0.15, 0.2) is 0 Å². The molecule has 0 heterocycles. The number of nitrogens with zero attached hydrogens (tertiary/aromatic N) is 1. The van der Waals surface area contributed by atoms with Crippen LogP contribution in [0.1, 0.15) is 110 Å². The van der Waals surface area contributed by atoms with Crippen molar-refractivity contribution in [2.45, 2.75) is 134 Å². The zero-order valence-electron chi connectivity index (χ0n) is 18.9. The predicted octanol–water partition coefficient (Wildman–Crippen LogP) is 4.83. The third-order valence-electron chi connectivity index (χ3n) is 6.62. The van der Waals surface area contributed by atoms with Crippen LogP contribution in [0, 0.1) is 16.0 Å². The van der Waals surface area contributed by atoms with Gasteiger partial charge in [0, 0.05) is 23.8 Å². The van der Waals surface area contributed by atoms with Crippen molar-refractivity contribution in [2.24, 2.45) is 5.92 Å². The highest BCUT2D eigenvalue weighted by Gasteiger charge is 2.35. The largest absolute Gasteiger partial charge is 0.395 e. The Bertz CT molecular complexity index is 414. The second-order valence-electron chi connectivity index (χ2n) is 9.17. The first-order valence-corrected chi connectivity index (χ1v) is 12.2. The first-order valence-electron chi connectivity index (χ1n) is 12.2. The van der Waals surface area contributed by atoms with Gasteiger partial charge in [-0.3, -0.25) is 10.1 Å². The average molecular weight is 415 g/mol. The van der Waals surface area contributed by atoms with E-state index in [1.54, 1.807) is 0 Å². The molecule has 1 fully saturated rings. The maximum Gasteiger partial charge on any atom is 0.213 e. The molecule has 1 saturated carbocycles. The van der Waals surface area contributed by atoms with Crippen molar-refractivity contribution in [3.63, 3.8) is 0 Å². The fraction of sp³-hybridized carbons (Fsp3) is 1.00. The molecule has 3 unspecified atom stereocenters. The van der Waals surface area contributed by atoms with E-state index in [0.717, 1.165) is 6.42 Å². The van der Waals surface area contributed by atoms with Crippen molar-refractivity contribution in [2.75, 3.05) is 6.61 Å². The predicted molar refractivity (Wildman–Crippen MR) is 119 cm³/mol. The summed E-state index contributed by atoms with van der Waals surface area (Å²) in [5.74, 6) is 0.0420. The van der Waals surface area contributed by atoms with Gasteiger partial charge in [-0.05, 0) is 32.1 Å². The highest BCUT2D eigenvalue weighted by atomic mass is 16.6. The van der Waals surface area contributed by atoms with Gasteiger partial charge in [-0.25, -0.2) is 0 Å². The third kappa shape index (κ3) is 11.3. The topological polar surface area (TPSA) is 95.6 Å². The quantitative estimate of drug-likeness (QED) is 0.180. The molecule has 0 aromatic rings. The van der Waals surface area contributed by atoms with Crippen LogP contribution in [0.3, 0.4) is 0 Å². The summed E-state index contributed by atoms with van der Waals surface area (Å²) in [5, 5.41) is 34.7. The molecule has 29 heavy (non-hydrogen) atoms. The summed E-state index contributed by atoms with van der Waals surface area (Å²) in [6.07, 6.45) is 16.0. The van der Waals surface area contributed by atoms with Crippen LogP contribution in [-0.2, 0) is 0 Å². The maximum atomic E-state index is 10.9. The number of hydrogen-bond acceptors (Lipinski definition) is 5. The molecule has 172 valence electrons. The van der Waals surface area contributed by atoms with Crippen molar-refractivity contribution >= 4 is 0 Å². The molecule has 0 aromatic carbocycles. The number of nitrogens with one attached hydrogen (secondary N) is 1. The maximum absolute atomic E-state index is 10.9. The Morgan fingerprint density at radius 2 is 1.48 bits per heavy atom. The second-order valence-corrected chi connectivity index (χ2v) is 9.17. The molecular weight excluding hydrogens is 368 g/mol. The molecule has 0 amide bonds. The monoisotopic (exact) mass is 414 g/mol. The van der Waals surface area contributed by atoms with Crippen LogP contribution in [0.5, 0.6) is 0 Å². The van der Waals surface area contributed by atoms with Gasteiger partial charge in [-0.1, -0.05) is 71.1 Å². The first-order chi connectivity index (χ1) is 14.0. The molecule has 1 aliphatic rings. The molecule has 6 nitrogen and oxygen atoms in total. The van der Waals surface area contributed by atoms with Crippen molar-refractivity contribution < 1.29 is 15.1 Å². The molecule has 0 radical (unpaired) electrons. The fourth-order valence-corrected chi connectivity index (χ4v) is 4.63. The van der Waals surface area contributed by atoms with Gasteiger partial charge in [0.05, 0.1) is 18.8 Å². The summed E-state index contributed by atoms with van der Waals surface area (Å²) in [4.78, 5) is 10.7. The Labute approximate surface area is 178 Å². The number of unbranched alkanes of at least 4 members (excludes halogenated alkanes) is 9. The smallest absolute Gasteiger partial charge is 0.213 e. The Kier molecular flexibility index (Phi) is 14.5. The molecule has 1 rings (SSSR count). The van der Waals surface area contributed by atoms with Gasteiger partial charge in [0.15, 0.2) is 0 Å². The van der Waals surface area contributed by atoms with Gasteiger partial charge in [-0.2, -0.15) is 0 Å². The SMILES string of the molecule is CCCCCCCCCCCCC(C)NC(CO)C(O)C1CCC([N+](=O)[O-])CC1. The minimum Gasteiger partial charge on any atom is -0.395 e. The van der Waals surface area contributed by atoms with Gasteiger partial charge in [-0.15, -0.1) is 0 Å². The van der Waals surface area contributed by atoms with E-state index in [9.17, 15) is 20.3 Å². The lowest BCUT2D eigenvalue weighted by molar-refractivity contribution is -0.527. The molecule has 3 N–H and O–H groups in total. The number of aliphatic hydroxyl groups excluding tert-OH is 2. The molecule has 6 heteroatoms. The summed E-state index contributed by atoms with van der Waals surface area (Å²) in [7, 11) is 0. The standard InChI is InChI=1S/C23H46N2O4/c1-3-4-5-6-7-8-9-10-11-12-13-19(2)24-22(18-26)23(27)20-14-16-21(17-15-20)25(28)29/h19-24,26-27H,3-18H2,1-2H3. The van der Waals surface area contributed by atoms with Crippen molar-refractivity contribution in [1.29, 1.82) is 0 Å². The van der Waals surface area contributed by atoms with E-state index < -0.39 is 12.1 Å². The van der Waals surface area contributed by atoms with Crippen LogP contribution in [0.2, 0.25) is 0 Å². The summed E-state index contributed by atoms with van der Waals surface area (Å²) < 4.78 is 0. The molecule has 0 spiro atoms. The Balaban J connectivity index is 2.13. The van der Waals surface area contributed by atoms with E-state index in [1.807, 2.05) is 0 Å². The number of aliphatic hydroxyl groups is 2. The third-order valence-corrected chi connectivity index (χ3v) is 6.62. The van der Waals surface area contributed by atoms with Crippen molar-refractivity contribution in [1.82, 2.24) is 5.32 Å². The lowest BCUT2D eigenvalue weighted by atomic mass is 9.80. The van der Waals surface area contributed by atoms with Gasteiger partial charge in [0.2, 0.25) is 6.04 Å². The van der Waals surface area contributed by atoms with E-state index in [0.29, 0.717) is 25.7 Å². The fourth-order valence-electron chi connectivity index (χ4n) is 4.63. The van der Waals surface area contributed by atoms with Crippen LogP contribution in [0.4, 0.5) is 0 Å². The Morgan fingerprint density at radius 1 is 0.966 bits per heavy atom.